The Morgan fingerprint density at radius 2 is 1.93 bits per heavy atom. The van der Waals surface area contributed by atoms with Crippen LogP contribution < -0.4 is 10.0 Å². The number of nitrogens with zero attached hydrogens (tertiary/aromatic N) is 1. The molecule has 4 atom stereocenters. The minimum Gasteiger partial charge on any atom is -0.378 e. The van der Waals surface area contributed by atoms with Gasteiger partial charge in [0.25, 0.3) is 0 Å². The van der Waals surface area contributed by atoms with E-state index in [1.54, 1.807) is 17.1 Å². The average molecular weight is 449 g/mol. The second-order valence-corrected chi connectivity index (χ2v) is 7.97. The minimum absolute atomic E-state index is 0.130. The Morgan fingerprint density at radius 1 is 1.30 bits per heavy atom. The van der Waals surface area contributed by atoms with E-state index in [-0.39, 0.29) is 16.6 Å². The molecule has 0 radical (unpaired) electrons. The van der Waals surface area contributed by atoms with Crippen LogP contribution in [-0.2, 0) is 30.1 Å². The molecule has 4 unspecified atom stereocenters. The Labute approximate surface area is 173 Å². The van der Waals surface area contributed by atoms with Gasteiger partial charge in [-0.15, -0.1) is 0 Å². The number of alkyl halides is 3. The lowest BCUT2D eigenvalue weighted by molar-refractivity contribution is -0.167. The van der Waals surface area contributed by atoms with Crippen molar-refractivity contribution in [2.45, 2.75) is 43.0 Å². The van der Waals surface area contributed by atoms with Crippen molar-refractivity contribution < 1.29 is 36.5 Å². The lowest BCUT2D eigenvalue weighted by Gasteiger charge is -2.31. The molecule has 30 heavy (non-hydrogen) atoms. The standard InChI is InChI=1S/C18H22F3N3O5S/c1-11(15(29-2)14-4-3-9-24(14)10-25)16(26)23-30(28)13-7-5-12(6-8-13)22-17(27)18(19,20)21/h5-8,10-11,14-15H,3-4,9H2,1-2H3,(H,22,27)(H,23,26). The van der Waals surface area contributed by atoms with E-state index >= 15 is 0 Å². The number of nitrogens with one attached hydrogen (secondary N) is 2. The number of benzene rings is 1. The molecule has 2 N–H and O–H groups in total. The zero-order valence-electron chi connectivity index (χ0n) is 16.3. The highest BCUT2D eigenvalue weighted by molar-refractivity contribution is 7.83. The van der Waals surface area contributed by atoms with Crippen LogP contribution in [0.2, 0.25) is 0 Å². The number of methoxy groups -OCH3 is 1. The summed E-state index contributed by atoms with van der Waals surface area (Å²) in [5, 5.41) is 1.67. The van der Waals surface area contributed by atoms with Gasteiger partial charge in [-0.2, -0.15) is 13.2 Å². The Hall–Kier alpha value is -2.47. The molecule has 1 fully saturated rings. The number of amides is 3. The fourth-order valence-corrected chi connectivity index (χ4v) is 4.12. The molecule has 1 aliphatic heterocycles. The molecule has 3 amide bonds. The summed E-state index contributed by atoms with van der Waals surface area (Å²) < 4.78 is 57.0. The number of halogens is 3. The van der Waals surface area contributed by atoms with Gasteiger partial charge in [0.2, 0.25) is 12.3 Å². The van der Waals surface area contributed by atoms with Crippen LogP contribution in [0.4, 0.5) is 18.9 Å². The van der Waals surface area contributed by atoms with E-state index in [4.69, 9.17) is 4.74 Å². The Bertz CT molecular complexity index is 803. The number of hydrogen-bond donors (Lipinski definition) is 2. The van der Waals surface area contributed by atoms with Gasteiger partial charge < -0.3 is 15.0 Å². The molecule has 166 valence electrons. The lowest BCUT2D eigenvalue weighted by atomic mass is 9.95. The third kappa shape index (κ3) is 5.79. The number of carbonyl (C=O) groups excluding carboxylic acids is 3. The van der Waals surface area contributed by atoms with Crippen LogP contribution in [0.3, 0.4) is 0 Å². The van der Waals surface area contributed by atoms with Gasteiger partial charge in [0.15, 0.2) is 11.0 Å². The summed E-state index contributed by atoms with van der Waals surface area (Å²) in [4.78, 5) is 36.3. The number of rotatable bonds is 8. The number of anilines is 1. The molecule has 1 aromatic carbocycles. The van der Waals surface area contributed by atoms with Gasteiger partial charge in [0.05, 0.1) is 23.0 Å². The highest BCUT2D eigenvalue weighted by Crippen LogP contribution is 2.25. The number of hydrogen-bond acceptors (Lipinski definition) is 5. The summed E-state index contributed by atoms with van der Waals surface area (Å²) in [5.74, 6) is -3.40. The highest BCUT2D eigenvalue weighted by Gasteiger charge is 2.39. The molecule has 1 aliphatic rings. The van der Waals surface area contributed by atoms with Crippen molar-refractivity contribution in [3.8, 4) is 0 Å². The smallest absolute Gasteiger partial charge is 0.378 e. The summed E-state index contributed by atoms with van der Waals surface area (Å²) in [6.07, 6.45) is -3.42. The zero-order chi connectivity index (χ0) is 22.5. The summed E-state index contributed by atoms with van der Waals surface area (Å²) >= 11 is 0. The van der Waals surface area contributed by atoms with Crippen LogP contribution in [0.15, 0.2) is 29.2 Å². The van der Waals surface area contributed by atoms with Gasteiger partial charge in [-0.1, -0.05) is 6.92 Å². The second kappa shape index (κ2) is 10.0. The van der Waals surface area contributed by atoms with E-state index in [2.05, 4.69) is 4.72 Å². The van der Waals surface area contributed by atoms with Crippen molar-refractivity contribution >= 4 is 34.9 Å². The maximum absolute atomic E-state index is 12.5. The lowest BCUT2D eigenvalue weighted by Crippen LogP contribution is -2.47. The van der Waals surface area contributed by atoms with Gasteiger partial charge in [-0.25, -0.2) is 4.21 Å². The first-order valence-corrected chi connectivity index (χ1v) is 10.2. The van der Waals surface area contributed by atoms with E-state index in [0.717, 1.165) is 18.6 Å². The maximum atomic E-state index is 12.5. The Morgan fingerprint density at radius 3 is 2.47 bits per heavy atom. The Kier molecular flexibility index (Phi) is 7.96. The molecule has 1 aromatic rings. The summed E-state index contributed by atoms with van der Waals surface area (Å²) in [5.41, 5.74) is -0.132. The van der Waals surface area contributed by atoms with E-state index in [1.165, 1.54) is 19.2 Å². The van der Waals surface area contributed by atoms with Crippen LogP contribution in [0.25, 0.3) is 0 Å². The molecule has 0 aliphatic carbocycles. The van der Waals surface area contributed by atoms with E-state index in [9.17, 15) is 31.8 Å². The fourth-order valence-electron chi connectivity index (χ4n) is 3.25. The van der Waals surface area contributed by atoms with Crippen LogP contribution >= 0.6 is 0 Å². The summed E-state index contributed by atoms with van der Waals surface area (Å²) in [7, 11) is -0.545. The third-order valence-electron chi connectivity index (χ3n) is 4.81. The highest BCUT2D eigenvalue weighted by atomic mass is 32.2. The fraction of sp³-hybridized carbons (Fsp3) is 0.500. The molecular formula is C18H22F3N3O5S. The first-order valence-electron chi connectivity index (χ1n) is 9.02. The van der Waals surface area contributed by atoms with Crippen molar-refractivity contribution in [2.75, 3.05) is 19.0 Å². The normalized spacial score (nSPS) is 19.6. The molecule has 8 nitrogen and oxygen atoms in total. The van der Waals surface area contributed by atoms with Gasteiger partial charge >= 0.3 is 12.1 Å². The number of ether oxygens (including phenoxy) is 1. The summed E-state index contributed by atoms with van der Waals surface area (Å²) in [6.45, 7) is 2.17. The predicted molar refractivity (Wildman–Crippen MR) is 101 cm³/mol. The first kappa shape index (κ1) is 23.8. The van der Waals surface area contributed by atoms with Crippen LogP contribution in [0, 0.1) is 5.92 Å². The monoisotopic (exact) mass is 449 g/mol. The van der Waals surface area contributed by atoms with Crippen molar-refractivity contribution in [3.63, 3.8) is 0 Å². The number of likely N-dealkylation sites (tertiary alicyclic amines) is 1. The molecule has 0 aromatic heterocycles. The van der Waals surface area contributed by atoms with Crippen LogP contribution in [0.1, 0.15) is 19.8 Å². The van der Waals surface area contributed by atoms with Gasteiger partial charge in [-0.3, -0.25) is 19.1 Å². The molecule has 1 heterocycles. The van der Waals surface area contributed by atoms with Crippen LogP contribution in [0.5, 0.6) is 0 Å². The molecule has 0 bridgehead atoms. The molecule has 1 saturated heterocycles. The van der Waals surface area contributed by atoms with Crippen molar-refractivity contribution in [3.05, 3.63) is 24.3 Å². The first-order chi connectivity index (χ1) is 14.1. The molecule has 12 heteroatoms. The second-order valence-electron chi connectivity index (χ2n) is 6.75. The maximum Gasteiger partial charge on any atom is 0.471 e. The van der Waals surface area contributed by atoms with Gasteiger partial charge in [-0.05, 0) is 37.1 Å². The average Bonchev–Trinajstić information content (AvgIpc) is 3.16. The molecule has 2 rings (SSSR count). The molecule has 0 saturated carbocycles. The minimum atomic E-state index is -5.03. The number of carbonyl (C=O) groups is 3. The van der Waals surface area contributed by atoms with E-state index < -0.39 is 41.0 Å². The molecular weight excluding hydrogens is 427 g/mol. The van der Waals surface area contributed by atoms with E-state index in [0.29, 0.717) is 19.4 Å². The van der Waals surface area contributed by atoms with Crippen molar-refractivity contribution in [1.82, 2.24) is 9.62 Å². The van der Waals surface area contributed by atoms with Gasteiger partial charge in [0, 0.05) is 19.3 Å². The molecule has 0 spiro atoms. The largest absolute Gasteiger partial charge is 0.471 e. The SMILES string of the molecule is COC(C(C)C(=O)NS(=O)c1ccc(NC(=O)C(F)(F)F)cc1)C1CCCN1C=O. The van der Waals surface area contributed by atoms with Crippen molar-refractivity contribution in [2.24, 2.45) is 5.92 Å². The third-order valence-corrected chi connectivity index (χ3v) is 5.90. The zero-order valence-corrected chi connectivity index (χ0v) is 17.1. The van der Waals surface area contributed by atoms with Crippen molar-refractivity contribution in [1.29, 1.82) is 0 Å². The Balaban J connectivity index is 1.99. The van der Waals surface area contributed by atoms with Crippen LogP contribution in [-0.4, -0.2) is 59.3 Å². The topological polar surface area (TPSA) is 105 Å². The van der Waals surface area contributed by atoms with E-state index in [1.807, 2.05) is 0 Å². The summed E-state index contributed by atoms with van der Waals surface area (Å²) in [6, 6.07) is 4.48. The quantitative estimate of drug-likeness (QED) is 0.587. The predicted octanol–water partition coefficient (Wildman–Crippen LogP) is 1.60. The van der Waals surface area contributed by atoms with Gasteiger partial charge in [0.1, 0.15) is 0 Å².